The van der Waals surface area contributed by atoms with Crippen molar-refractivity contribution in [1.29, 1.82) is 0 Å². The lowest BCUT2D eigenvalue weighted by molar-refractivity contribution is -0.118. The van der Waals surface area contributed by atoms with Crippen LogP contribution in [0.1, 0.15) is 115 Å². The first kappa shape index (κ1) is 97.7. The number of Topliss-reactive ketones (excluding diaryl/α,β-unsaturated/α-hetero) is 4. The van der Waals surface area contributed by atoms with Crippen LogP contribution in [0.3, 0.4) is 0 Å². The first-order chi connectivity index (χ1) is 65.8. The number of aromatic amines is 4. The second-order valence-corrected chi connectivity index (χ2v) is 35.2. The van der Waals surface area contributed by atoms with Crippen molar-refractivity contribution in [3.63, 3.8) is 0 Å². The van der Waals surface area contributed by atoms with Gasteiger partial charge in [-0.05, 0) is 182 Å². The molecule has 0 radical (unpaired) electrons. The van der Waals surface area contributed by atoms with Crippen molar-refractivity contribution in [2.45, 2.75) is 86.0 Å². The summed E-state index contributed by atoms with van der Waals surface area (Å²) < 4.78 is 81.5. The summed E-state index contributed by atoms with van der Waals surface area (Å²) in [5.41, 5.74) is 21.1. The first-order valence-corrected chi connectivity index (χ1v) is 45.7. The predicted octanol–water partition coefficient (Wildman–Crippen LogP) is 21.0. The SMILES string of the molecule is CCNC(=O)c1c[nH]c(-c2cc(Oc3ccc(CC(=O)Cc4cccc(C)c4)cc3)ccn2)c1.Cc1ccc(F)c(CC(=O)Cc2ccc(Oc3ccnc(-c4cc(C(=O)N=S(C)(C)=O)c[nH]4)c3)cc2)c1.Cc1ccc(F)c(CC(=O)Cc2ccc(Oc3ccnc(-c4cc(C(=O)O)c[nH]4)c3)cc2F)c1.Cc1cccc(CC(=O)Cc2ccc(Oc3ccnc(-c4cc(C(N)=O)c[nH]4)c3)cc2)c1. The minimum absolute atomic E-state index is 0.0432. The Morgan fingerprint density at radius 1 is 0.358 bits per heavy atom. The van der Waals surface area contributed by atoms with Gasteiger partial charge in [-0.2, -0.15) is 4.36 Å². The number of ether oxygens (including phenoxy) is 4. The number of ketones is 4. The van der Waals surface area contributed by atoms with Gasteiger partial charge in [0, 0.05) is 160 Å². The Balaban J connectivity index is 0.000000155. The summed E-state index contributed by atoms with van der Waals surface area (Å²) >= 11 is 0. The molecular weight excluding hydrogens is 1760 g/mol. The second-order valence-electron chi connectivity index (χ2n) is 32.7. The lowest BCUT2D eigenvalue weighted by atomic mass is 10.0. The largest absolute Gasteiger partial charge is 0.478 e. The average Bonchev–Trinajstić information content (AvgIpc) is 1.79. The molecule has 137 heavy (non-hydrogen) atoms. The van der Waals surface area contributed by atoms with Crippen LogP contribution in [0.5, 0.6) is 46.0 Å². The Bertz CT molecular complexity index is 7210. The zero-order valence-electron chi connectivity index (χ0n) is 75.8. The van der Waals surface area contributed by atoms with Crippen molar-refractivity contribution in [1.82, 2.24) is 45.2 Å². The fourth-order valence-corrected chi connectivity index (χ4v) is 14.8. The Labute approximate surface area is 788 Å². The van der Waals surface area contributed by atoms with E-state index in [2.05, 4.69) is 49.6 Å². The van der Waals surface area contributed by atoms with Crippen LogP contribution < -0.4 is 30.0 Å². The molecular formula is C108H96F3N11O14S. The van der Waals surface area contributed by atoms with Crippen LogP contribution in [0.15, 0.2) is 303 Å². The van der Waals surface area contributed by atoms with E-state index in [1.165, 1.54) is 67.5 Å². The Morgan fingerprint density at radius 3 is 1.06 bits per heavy atom. The van der Waals surface area contributed by atoms with Gasteiger partial charge in [-0.25, -0.2) is 22.2 Å². The van der Waals surface area contributed by atoms with Crippen molar-refractivity contribution >= 4 is 56.6 Å². The monoisotopic (exact) mass is 1860 g/mol. The Morgan fingerprint density at radius 2 is 0.686 bits per heavy atom. The third-order valence-corrected chi connectivity index (χ3v) is 21.5. The fourth-order valence-electron chi connectivity index (χ4n) is 14.3. The number of halogens is 3. The number of nitrogens with two attached hydrogens (primary N) is 1. The molecule has 0 bridgehead atoms. The van der Waals surface area contributed by atoms with Crippen molar-refractivity contribution in [3.05, 3.63) is 405 Å². The van der Waals surface area contributed by atoms with Gasteiger partial charge in [0.2, 0.25) is 5.91 Å². The highest BCUT2D eigenvalue weighted by molar-refractivity contribution is 7.92. The number of aryl methyl sites for hydroxylation is 4. The van der Waals surface area contributed by atoms with Crippen LogP contribution in [-0.2, 0) is 80.3 Å². The number of carbonyl (C=O) groups is 8. The molecule has 0 spiro atoms. The molecule has 8 heterocycles. The highest BCUT2D eigenvalue weighted by Gasteiger charge is 2.20. The number of benzene rings is 8. The van der Waals surface area contributed by atoms with Crippen LogP contribution in [-0.4, -0.2) is 115 Å². The smallest absolute Gasteiger partial charge is 0.337 e. The second kappa shape index (κ2) is 46.0. The highest BCUT2D eigenvalue weighted by Crippen LogP contribution is 2.33. The normalized spacial score (nSPS) is 10.8. The number of amides is 3. The van der Waals surface area contributed by atoms with Gasteiger partial charge in [-0.15, -0.1) is 0 Å². The third kappa shape index (κ3) is 29.3. The van der Waals surface area contributed by atoms with E-state index in [0.717, 1.165) is 55.8 Å². The topological polar surface area (TPSA) is 376 Å². The number of primary amides is 1. The molecule has 0 aliphatic carbocycles. The molecule has 0 unspecified atom stereocenters. The van der Waals surface area contributed by atoms with E-state index in [0.29, 0.717) is 129 Å². The number of pyridine rings is 4. The van der Waals surface area contributed by atoms with E-state index >= 15 is 0 Å². The van der Waals surface area contributed by atoms with Gasteiger partial charge in [0.25, 0.3) is 11.8 Å². The molecule has 8 aromatic heterocycles. The number of H-pyrrole nitrogens is 4. The summed E-state index contributed by atoms with van der Waals surface area (Å²) in [6.45, 7) is 10.2. The van der Waals surface area contributed by atoms with Gasteiger partial charge in [0.15, 0.2) is 0 Å². The van der Waals surface area contributed by atoms with Gasteiger partial charge in [0.1, 0.15) is 86.6 Å². The number of aromatic carboxylic acids is 1. The molecule has 8 N–H and O–H groups in total. The van der Waals surface area contributed by atoms with Crippen LogP contribution in [0, 0.1) is 45.1 Å². The van der Waals surface area contributed by atoms with Crippen molar-refractivity contribution in [3.8, 4) is 91.5 Å². The molecule has 0 aliphatic heterocycles. The number of carboxylic acids is 1. The number of carbonyl (C=O) groups excluding carboxylic acids is 7. The number of nitrogens with zero attached hydrogens (tertiary/aromatic N) is 5. The number of aromatic nitrogens is 8. The van der Waals surface area contributed by atoms with E-state index in [-0.39, 0.29) is 88.5 Å². The first-order valence-electron chi connectivity index (χ1n) is 43.4. The van der Waals surface area contributed by atoms with E-state index in [1.807, 2.05) is 138 Å². The summed E-state index contributed by atoms with van der Waals surface area (Å²) in [4.78, 5) is 125. The molecule has 0 saturated heterocycles. The molecule has 16 aromatic rings. The molecule has 0 atom stereocenters. The lowest BCUT2D eigenvalue weighted by Gasteiger charge is -2.09. The standard InChI is InChI=1S/C28H26FN3O4S.C28H27N3O3.C26H20F2N2O4.C26H23N3O3/c1-18-4-9-25(29)20(12-18)14-22(33)13-19-5-7-23(8-6-19)36-24-10-11-30-27(16-24)26-15-21(17-31-26)28(34)32-37(2,3)35;1-3-29-28(33)22-16-26(31-18-22)27-17-25(11-12-30-27)34-24-9-7-20(8-10-24)14-23(32)15-21-6-4-5-19(2)13-21;1-15-2-5-22(27)17(8-15)10-19(31)9-16-3-4-20(12-23(16)28)34-21-6-7-29-25(13-21)24-11-18(14-30-24)26(32)33;1-17-3-2-4-19(11-17)13-21(30)12-18-5-7-22(8-6-18)32-23-9-10-28-25(15-23)24-14-20(16-29-24)26(27)31/h4-12,15-17,31H,13-14H2,1-3H3;4-13,16-18,31H,3,14-15H2,1-2H3,(H,29,33);2-8,11-14,30H,9-10H2,1H3,(H,32,33);2-11,14-16,29H,12-13H2,1H3,(H2,27,31). The molecule has 29 heteroatoms. The van der Waals surface area contributed by atoms with Gasteiger partial charge in [0.05, 0.1) is 67.8 Å². The molecule has 8 aromatic carbocycles. The van der Waals surface area contributed by atoms with Crippen molar-refractivity contribution < 1.29 is 79.8 Å². The zero-order chi connectivity index (χ0) is 97.2. The van der Waals surface area contributed by atoms with Crippen LogP contribution >= 0.6 is 0 Å². The average molecular weight is 1860 g/mol. The Hall–Kier alpha value is -16.8. The van der Waals surface area contributed by atoms with Gasteiger partial charge in [-0.3, -0.25) is 53.5 Å². The van der Waals surface area contributed by atoms with Gasteiger partial charge >= 0.3 is 5.97 Å². The summed E-state index contributed by atoms with van der Waals surface area (Å²) in [6.07, 6.45) is 16.8. The van der Waals surface area contributed by atoms with Crippen LogP contribution in [0.2, 0.25) is 0 Å². The summed E-state index contributed by atoms with van der Waals surface area (Å²) in [5, 5.41) is 11.8. The molecule has 0 fully saturated rings. The van der Waals surface area contributed by atoms with Gasteiger partial charge < -0.3 is 55.0 Å². The van der Waals surface area contributed by atoms with E-state index in [9.17, 15) is 55.7 Å². The molecule has 694 valence electrons. The van der Waals surface area contributed by atoms with Crippen LogP contribution in [0.4, 0.5) is 13.2 Å². The van der Waals surface area contributed by atoms with Crippen molar-refractivity contribution in [2.24, 2.45) is 10.1 Å². The number of carboxylic acid groups (broad SMARTS) is 1. The van der Waals surface area contributed by atoms with Crippen LogP contribution in [0.25, 0.3) is 45.6 Å². The van der Waals surface area contributed by atoms with E-state index in [1.54, 1.807) is 140 Å². The molecule has 3 amide bonds. The molecule has 0 saturated carbocycles. The minimum Gasteiger partial charge on any atom is -0.478 e. The third-order valence-electron chi connectivity index (χ3n) is 20.9. The number of nitrogens with one attached hydrogen (secondary N) is 5. The van der Waals surface area contributed by atoms with Gasteiger partial charge in [-0.1, -0.05) is 138 Å². The predicted molar refractivity (Wildman–Crippen MR) is 517 cm³/mol. The number of rotatable bonds is 33. The van der Waals surface area contributed by atoms with E-state index in [4.69, 9.17) is 29.8 Å². The summed E-state index contributed by atoms with van der Waals surface area (Å²) in [6, 6.07) is 71.8. The Kier molecular flexibility index (Phi) is 32.8. The lowest BCUT2D eigenvalue weighted by Crippen LogP contribution is -2.21. The number of hydrogen-bond acceptors (Lipinski definition) is 17. The molecule has 0 aliphatic rings. The minimum atomic E-state index is -2.55. The maximum Gasteiger partial charge on any atom is 0.337 e. The highest BCUT2D eigenvalue weighted by atomic mass is 32.2. The maximum absolute atomic E-state index is 14.6. The molecule has 16 rings (SSSR count). The van der Waals surface area contributed by atoms with Crippen molar-refractivity contribution in [2.75, 3.05) is 19.1 Å². The quantitative estimate of drug-likeness (QED) is 0.0201. The zero-order valence-corrected chi connectivity index (χ0v) is 76.6. The fraction of sp³-hybridized carbons (Fsp3) is 0.148. The number of hydrogen-bond donors (Lipinski definition) is 7. The molecule has 25 nitrogen and oxygen atoms in total. The summed E-state index contributed by atoms with van der Waals surface area (Å²) in [7, 11) is -2.55. The maximum atomic E-state index is 14.6. The summed E-state index contributed by atoms with van der Waals surface area (Å²) in [5.74, 6) is 0.509. The van der Waals surface area contributed by atoms with E-state index < -0.39 is 39.1 Å².